The summed E-state index contributed by atoms with van der Waals surface area (Å²) in [5.74, 6) is -2.04. The highest BCUT2D eigenvalue weighted by atomic mass is 19.3. The van der Waals surface area contributed by atoms with E-state index in [2.05, 4.69) is 14.5 Å². The summed E-state index contributed by atoms with van der Waals surface area (Å²) in [4.78, 5) is 14.5. The summed E-state index contributed by atoms with van der Waals surface area (Å²) in [6.45, 7) is 0. The summed E-state index contributed by atoms with van der Waals surface area (Å²) in [5.41, 5.74) is -0.961. The molecule has 0 atom stereocenters. The van der Waals surface area contributed by atoms with Gasteiger partial charge in [0, 0.05) is 6.07 Å². The fourth-order valence-corrected chi connectivity index (χ4v) is 1.23. The fourth-order valence-electron chi connectivity index (χ4n) is 1.23. The van der Waals surface area contributed by atoms with Crippen molar-refractivity contribution in [3.05, 3.63) is 23.3 Å². The summed E-state index contributed by atoms with van der Waals surface area (Å²) in [6, 6.07) is 0.574. The highest BCUT2D eigenvalue weighted by Gasteiger charge is 2.20. The molecule has 17 heavy (non-hydrogen) atoms. The number of carbonyl (C=O) groups is 1. The standard InChI is InChI=1S/C10H10F3NO3/c1-16-8(15)4-6-9(17-2)5(11)3-7(14-6)10(12)13/h3,10H,4H2,1-2H3. The van der Waals surface area contributed by atoms with E-state index in [-0.39, 0.29) is 11.4 Å². The third-order valence-electron chi connectivity index (χ3n) is 1.98. The molecule has 1 rings (SSSR count). The number of methoxy groups -OCH3 is 2. The van der Waals surface area contributed by atoms with Crippen molar-refractivity contribution in [1.29, 1.82) is 0 Å². The van der Waals surface area contributed by atoms with Crippen molar-refractivity contribution < 1.29 is 27.4 Å². The van der Waals surface area contributed by atoms with E-state index in [9.17, 15) is 18.0 Å². The molecule has 0 N–H and O–H groups in total. The van der Waals surface area contributed by atoms with Gasteiger partial charge in [-0.1, -0.05) is 0 Å². The third kappa shape index (κ3) is 3.08. The molecule has 0 radical (unpaired) electrons. The monoisotopic (exact) mass is 249 g/mol. The Labute approximate surface area is 95.4 Å². The second-order valence-corrected chi connectivity index (χ2v) is 3.06. The second-order valence-electron chi connectivity index (χ2n) is 3.06. The second kappa shape index (κ2) is 5.51. The minimum atomic E-state index is -2.92. The van der Waals surface area contributed by atoms with E-state index < -0.39 is 30.3 Å². The van der Waals surface area contributed by atoms with E-state index in [1.54, 1.807) is 0 Å². The van der Waals surface area contributed by atoms with Crippen LogP contribution in [0.4, 0.5) is 13.2 Å². The van der Waals surface area contributed by atoms with Crippen molar-refractivity contribution in [3.8, 4) is 5.75 Å². The van der Waals surface area contributed by atoms with Gasteiger partial charge in [-0.25, -0.2) is 18.2 Å². The summed E-state index contributed by atoms with van der Waals surface area (Å²) in [7, 11) is 2.28. The summed E-state index contributed by atoms with van der Waals surface area (Å²) < 4.78 is 47.2. The molecule has 0 bridgehead atoms. The largest absolute Gasteiger partial charge is 0.492 e. The topological polar surface area (TPSA) is 48.4 Å². The molecule has 0 spiro atoms. The van der Waals surface area contributed by atoms with Gasteiger partial charge in [0.1, 0.15) is 5.69 Å². The van der Waals surface area contributed by atoms with E-state index in [1.165, 1.54) is 0 Å². The van der Waals surface area contributed by atoms with Crippen LogP contribution in [0.5, 0.6) is 5.75 Å². The summed E-state index contributed by atoms with van der Waals surface area (Å²) in [5, 5.41) is 0. The van der Waals surface area contributed by atoms with Gasteiger partial charge in [-0.3, -0.25) is 4.79 Å². The Morgan fingerprint density at radius 3 is 2.59 bits per heavy atom. The van der Waals surface area contributed by atoms with E-state index in [0.29, 0.717) is 6.07 Å². The Morgan fingerprint density at radius 1 is 1.47 bits per heavy atom. The van der Waals surface area contributed by atoms with Crippen molar-refractivity contribution in [1.82, 2.24) is 4.98 Å². The zero-order chi connectivity index (χ0) is 13.0. The summed E-state index contributed by atoms with van der Waals surface area (Å²) >= 11 is 0. The highest BCUT2D eigenvalue weighted by Crippen LogP contribution is 2.26. The number of esters is 1. The molecule has 0 aliphatic carbocycles. The highest BCUT2D eigenvalue weighted by molar-refractivity contribution is 5.72. The van der Waals surface area contributed by atoms with Crippen LogP contribution in [0.15, 0.2) is 6.07 Å². The first-order valence-electron chi connectivity index (χ1n) is 4.57. The molecule has 0 saturated heterocycles. The molecule has 7 heteroatoms. The Bertz CT molecular complexity index is 424. The predicted octanol–water partition coefficient (Wildman–Crippen LogP) is 1.88. The molecule has 0 aliphatic heterocycles. The number of halogens is 3. The van der Waals surface area contributed by atoms with Gasteiger partial charge in [0.15, 0.2) is 11.6 Å². The van der Waals surface area contributed by atoms with Gasteiger partial charge in [0.25, 0.3) is 6.43 Å². The van der Waals surface area contributed by atoms with Gasteiger partial charge in [0.2, 0.25) is 0 Å². The van der Waals surface area contributed by atoms with Gasteiger partial charge in [-0.15, -0.1) is 0 Å². The van der Waals surface area contributed by atoms with Crippen LogP contribution in [0.2, 0.25) is 0 Å². The van der Waals surface area contributed by atoms with E-state index in [4.69, 9.17) is 0 Å². The maximum atomic E-state index is 13.4. The lowest BCUT2D eigenvalue weighted by Crippen LogP contribution is -2.10. The quantitative estimate of drug-likeness (QED) is 0.764. The number of alkyl halides is 2. The lowest BCUT2D eigenvalue weighted by atomic mass is 10.2. The smallest absolute Gasteiger partial charge is 0.311 e. The molecule has 1 aromatic rings. The zero-order valence-electron chi connectivity index (χ0n) is 9.17. The Kier molecular flexibility index (Phi) is 4.30. The number of rotatable bonds is 4. The van der Waals surface area contributed by atoms with Crippen LogP contribution in [-0.2, 0) is 16.0 Å². The third-order valence-corrected chi connectivity index (χ3v) is 1.98. The summed E-state index contributed by atoms with van der Waals surface area (Å²) in [6.07, 6.45) is -3.36. The fraction of sp³-hybridized carbons (Fsp3) is 0.400. The van der Waals surface area contributed by atoms with E-state index in [0.717, 1.165) is 14.2 Å². The maximum Gasteiger partial charge on any atom is 0.311 e. The molecule has 0 saturated carbocycles. The molecule has 0 amide bonds. The maximum absolute atomic E-state index is 13.4. The van der Waals surface area contributed by atoms with Gasteiger partial charge in [-0.05, 0) is 0 Å². The van der Waals surface area contributed by atoms with Crippen LogP contribution >= 0.6 is 0 Å². The minimum absolute atomic E-state index is 0.213. The molecular formula is C10H10F3NO3. The normalized spacial score (nSPS) is 10.5. The van der Waals surface area contributed by atoms with Crippen LogP contribution < -0.4 is 4.74 Å². The van der Waals surface area contributed by atoms with Crippen molar-refractivity contribution in [3.63, 3.8) is 0 Å². The lowest BCUT2D eigenvalue weighted by Gasteiger charge is -2.10. The number of ether oxygens (including phenoxy) is 2. The zero-order valence-corrected chi connectivity index (χ0v) is 9.17. The number of hydrogen-bond donors (Lipinski definition) is 0. The Hall–Kier alpha value is -1.79. The van der Waals surface area contributed by atoms with Crippen molar-refractivity contribution in [2.45, 2.75) is 12.8 Å². The molecule has 94 valence electrons. The molecule has 0 fully saturated rings. The van der Waals surface area contributed by atoms with Gasteiger partial charge in [0.05, 0.1) is 26.3 Å². The first-order chi connectivity index (χ1) is 7.99. The van der Waals surface area contributed by atoms with Crippen LogP contribution in [0.1, 0.15) is 17.8 Å². The number of aromatic nitrogens is 1. The number of nitrogens with zero attached hydrogens (tertiary/aromatic N) is 1. The molecule has 0 unspecified atom stereocenters. The first kappa shape index (κ1) is 13.3. The predicted molar refractivity (Wildman–Crippen MR) is 51.4 cm³/mol. The van der Waals surface area contributed by atoms with Crippen LogP contribution in [0, 0.1) is 5.82 Å². The SMILES string of the molecule is COC(=O)Cc1nc(C(F)F)cc(F)c1OC. The van der Waals surface area contributed by atoms with Crippen LogP contribution in [0.3, 0.4) is 0 Å². The molecule has 1 heterocycles. The molecular weight excluding hydrogens is 239 g/mol. The van der Waals surface area contributed by atoms with E-state index in [1.807, 2.05) is 0 Å². The lowest BCUT2D eigenvalue weighted by molar-refractivity contribution is -0.139. The molecule has 4 nitrogen and oxygen atoms in total. The van der Waals surface area contributed by atoms with Gasteiger partial charge in [-0.2, -0.15) is 0 Å². The number of hydrogen-bond acceptors (Lipinski definition) is 4. The average molecular weight is 249 g/mol. The van der Waals surface area contributed by atoms with Crippen LogP contribution in [-0.4, -0.2) is 25.2 Å². The Morgan fingerprint density at radius 2 is 2.12 bits per heavy atom. The van der Waals surface area contributed by atoms with Crippen molar-refractivity contribution in [2.24, 2.45) is 0 Å². The van der Waals surface area contributed by atoms with Crippen molar-refractivity contribution in [2.75, 3.05) is 14.2 Å². The van der Waals surface area contributed by atoms with Crippen LogP contribution in [0.25, 0.3) is 0 Å². The Balaban J connectivity index is 3.19. The average Bonchev–Trinajstić information content (AvgIpc) is 2.28. The van der Waals surface area contributed by atoms with Gasteiger partial charge >= 0.3 is 5.97 Å². The molecule has 1 aromatic heterocycles. The number of carbonyl (C=O) groups excluding carboxylic acids is 1. The minimum Gasteiger partial charge on any atom is -0.492 e. The number of pyridine rings is 1. The van der Waals surface area contributed by atoms with Gasteiger partial charge < -0.3 is 9.47 Å². The first-order valence-corrected chi connectivity index (χ1v) is 4.57. The van der Waals surface area contributed by atoms with E-state index >= 15 is 0 Å². The van der Waals surface area contributed by atoms with Crippen molar-refractivity contribution >= 4 is 5.97 Å². The molecule has 0 aliphatic rings. The molecule has 0 aromatic carbocycles.